The van der Waals surface area contributed by atoms with E-state index in [9.17, 15) is 4.79 Å². The molecule has 3 aromatic carbocycles. The number of hydrogen-bond acceptors (Lipinski definition) is 6. The number of amides is 1. The highest BCUT2D eigenvalue weighted by molar-refractivity contribution is 7.99. The van der Waals surface area contributed by atoms with E-state index in [4.69, 9.17) is 21.1 Å². The van der Waals surface area contributed by atoms with Gasteiger partial charge in [-0.15, -0.1) is 10.2 Å². The third kappa shape index (κ3) is 5.30. The Morgan fingerprint density at radius 1 is 1.00 bits per heavy atom. The Labute approximate surface area is 200 Å². The SMILES string of the molecule is COc1ccc(NC(=O)CSc2nnc(-c3ccccc3OC)n2-c2cccc(Cl)c2)cc1. The van der Waals surface area contributed by atoms with Gasteiger partial charge < -0.3 is 14.8 Å². The highest BCUT2D eigenvalue weighted by Gasteiger charge is 2.20. The maximum Gasteiger partial charge on any atom is 0.234 e. The lowest BCUT2D eigenvalue weighted by Gasteiger charge is -2.13. The van der Waals surface area contributed by atoms with Crippen LogP contribution in [0.1, 0.15) is 0 Å². The number of nitrogens with one attached hydrogen (secondary N) is 1. The van der Waals surface area contributed by atoms with Crippen molar-refractivity contribution in [2.45, 2.75) is 5.16 Å². The number of benzene rings is 3. The van der Waals surface area contributed by atoms with E-state index in [-0.39, 0.29) is 11.7 Å². The number of nitrogens with zero attached hydrogens (tertiary/aromatic N) is 3. The van der Waals surface area contributed by atoms with E-state index in [2.05, 4.69) is 15.5 Å². The molecule has 1 N–H and O–H groups in total. The topological polar surface area (TPSA) is 78.3 Å². The summed E-state index contributed by atoms with van der Waals surface area (Å²) < 4.78 is 12.5. The molecule has 0 atom stereocenters. The number of methoxy groups -OCH3 is 2. The number of anilines is 1. The van der Waals surface area contributed by atoms with Crippen LogP contribution in [0.15, 0.2) is 78.0 Å². The molecule has 9 heteroatoms. The molecule has 0 bridgehead atoms. The highest BCUT2D eigenvalue weighted by atomic mass is 35.5. The van der Waals surface area contributed by atoms with Crippen molar-refractivity contribution in [3.05, 3.63) is 77.8 Å². The van der Waals surface area contributed by atoms with Crippen molar-refractivity contribution >= 4 is 35.0 Å². The van der Waals surface area contributed by atoms with E-state index in [0.29, 0.717) is 27.4 Å². The largest absolute Gasteiger partial charge is 0.497 e. The standard InChI is InChI=1S/C24H21ClN4O3S/c1-31-19-12-10-17(11-13-19)26-22(30)15-33-24-28-27-23(20-8-3-4-9-21(20)32-2)29(24)18-7-5-6-16(25)14-18/h3-14H,15H2,1-2H3,(H,26,30). The molecule has 0 radical (unpaired) electrons. The maximum absolute atomic E-state index is 12.6. The maximum atomic E-state index is 12.6. The minimum Gasteiger partial charge on any atom is -0.497 e. The average Bonchev–Trinajstić information content (AvgIpc) is 3.27. The fourth-order valence-electron chi connectivity index (χ4n) is 3.22. The lowest BCUT2D eigenvalue weighted by Crippen LogP contribution is -2.14. The summed E-state index contributed by atoms with van der Waals surface area (Å²) in [6.45, 7) is 0. The van der Waals surface area contributed by atoms with Gasteiger partial charge in [-0.3, -0.25) is 9.36 Å². The molecule has 0 aliphatic rings. The van der Waals surface area contributed by atoms with Gasteiger partial charge in [0.15, 0.2) is 11.0 Å². The van der Waals surface area contributed by atoms with Gasteiger partial charge >= 0.3 is 0 Å². The molecule has 0 spiro atoms. The Bertz CT molecular complexity index is 1260. The zero-order valence-electron chi connectivity index (χ0n) is 18.0. The van der Waals surface area contributed by atoms with Gasteiger partial charge in [0.2, 0.25) is 5.91 Å². The molecule has 0 saturated carbocycles. The predicted octanol–water partition coefficient (Wildman–Crippen LogP) is 5.34. The summed E-state index contributed by atoms with van der Waals surface area (Å²) in [6, 6.07) is 22.1. The second-order valence-corrected chi connectivity index (χ2v) is 8.27. The van der Waals surface area contributed by atoms with Crippen LogP contribution in [0.4, 0.5) is 5.69 Å². The van der Waals surface area contributed by atoms with Crippen LogP contribution in [-0.2, 0) is 4.79 Å². The molecule has 0 fully saturated rings. The first kappa shape index (κ1) is 22.7. The minimum absolute atomic E-state index is 0.149. The Hall–Kier alpha value is -3.49. The number of carbonyl (C=O) groups is 1. The molecule has 168 valence electrons. The van der Waals surface area contributed by atoms with Gasteiger partial charge in [0.25, 0.3) is 0 Å². The van der Waals surface area contributed by atoms with Gasteiger partial charge in [-0.1, -0.05) is 41.6 Å². The summed E-state index contributed by atoms with van der Waals surface area (Å²) >= 11 is 7.53. The number of aromatic nitrogens is 3. The van der Waals surface area contributed by atoms with Crippen molar-refractivity contribution in [2.24, 2.45) is 0 Å². The lowest BCUT2D eigenvalue weighted by atomic mass is 10.2. The molecule has 33 heavy (non-hydrogen) atoms. The zero-order valence-corrected chi connectivity index (χ0v) is 19.6. The van der Waals surface area contributed by atoms with Crippen molar-refractivity contribution in [3.8, 4) is 28.6 Å². The summed E-state index contributed by atoms with van der Waals surface area (Å²) in [7, 11) is 3.21. The fraction of sp³-hybridized carbons (Fsp3) is 0.125. The van der Waals surface area contributed by atoms with Crippen molar-refractivity contribution < 1.29 is 14.3 Å². The predicted molar refractivity (Wildman–Crippen MR) is 131 cm³/mol. The number of thioether (sulfide) groups is 1. The number of halogens is 1. The van der Waals surface area contributed by atoms with E-state index in [1.807, 2.05) is 47.0 Å². The Balaban J connectivity index is 1.61. The van der Waals surface area contributed by atoms with Crippen LogP contribution in [0.5, 0.6) is 11.5 Å². The first-order chi connectivity index (χ1) is 16.1. The van der Waals surface area contributed by atoms with Crippen LogP contribution >= 0.6 is 23.4 Å². The van der Waals surface area contributed by atoms with Crippen LogP contribution in [0.25, 0.3) is 17.1 Å². The van der Waals surface area contributed by atoms with Gasteiger partial charge in [0, 0.05) is 10.7 Å². The number of ether oxygens (including phenoxy) is 2. The zero-order chi connectivity index (χ0) is 23.2. The lowest BCUT2D eigenvalue weighted by molar-refractivity contribution is -0.113. The molecule has 0 saturated heterocycles. The molecular formula is C24H21ClN4O3S. The molecule has 0 aliphatic carbocycles. The Morgan fingerprint density at radius 3 is 2.52 bits per heavy atom. The normalized spacial score (nSPS) is 10.6. The van der Waals surface area contributed by atoms with Gasteiger partial charge in [-0.2, -0.15) is 0 Å². The smallest absolute Gasteiger partial charge is 0.234 e. The van der Waals surface area contributed by atoms with Crippen molar-refractivity contribution in [2.75, 3.05) is 25.3 Å². The third-order valence-corrected chi connectivity index (χ3v) is 5.92. The van der Waals surface area contributed by atoms with Crippen LogP contribution < -0.4 is 14.8 Å². The molecule has 4 rings (SSSR count). The first-order valence-electron chi connectivity index (χ1n) is 10.0. The molecule has 0 aliphatic heterocycles. The van der Waals surface area contributed by atoms with Crippen molar-refractivity contribution in [3.63, 3.8) is 0 Å². The summed E-state index contributed by atoms with van der Waals surface area (Å²) in [4.78, 5) is 12.6. The molecule has 1 aromatic heterocycles. The van der Waals surface area contributed by atoms with Crippen LogP contribution in [-0.4, -0.2) is 40.6 Å². The Morgan fingerprint density at radius 2 is 1.79 bits per heavy atom. The summed E-state index contributed by atoms with van der Waals surface area (Å²) in [5.41, 5.74) is 2.25. The monoisotopic (exact) mass is 480 g/mol. The number of hydrogen-bond donors (Lipinski definition) is 1. The van der Waals surface area contributed by atoms with Crippen LogP contribution in [0, 0.1) is 0 Å². The van der Waals surface area contributed by atoms with E-state index in [1.54, 1.807) is 44.6 Å². The summed E-state index contributed by atoms with van der Waals surface area (Å²) in [5.74, 6) is 1.97. The third-order valence-electron chi connectivity index (χ3n) is 4.75. The van der Waals surface area contributed by atoms with Gasteiger partial charge in [-0.25, -0.2) is 0 Å². The second-order valence-electron chi connectivity index (χ2n) is 6.89. The van der Waals surface area contributed by atoms with Gasteiger partial charge in [0.1, 0.15) is 11.5 Å². The van der Waals surface area contributed by atoms with Crippen LogP contribution in [0.2, 0.25) is 5.02 Å². The number of carbonyl (C=O) groups excluding carboxylic acids is 1. The molecular weight excluding hydrogens is 460 g/mol. The van der Waals surface area contributed by atoms with E-state index >= 15 is 0 Å². The molecule has 1 heterocycles. The molecule has 1 amide bonds. The van der Waals surface area contributed by atoms with Crippen molar-refractivity contribution in [1.29, 1.82) is 0 Å². The van der Waals surface area contributed by atoms with Gasteiger partial charge in [0.05, 0.1) is 31.2 Å². The van der Waals surface area contributed by atoms with Gasteiger partial charge in [-0.05, 0) is 54.6 Å². The molecule has 0 unspecified atom stereocenters. The summed E-state index contributed by atoms with van der Waals surface area (Å²) in [6.07, 6.45) is 0. The number of para-hydroxylation sites is 1. The van der Waals surface area contributed by atoms with E-state index < -0.39 is 0 Å². The molecule has 4 aromatic rings. The molecule has 7 nitrogen and oxygen atoms in total. The second kappa shape index (κ2) is 10.4. The average molecular weight is 481 g/mol. The van der Waals surface area contributed by atoms with E-state index in [1.165, 1.54) is 11.8 Å². The van der Waals surface area contributed by atoms with Crippen molar-refractivity contribution in [1.82, 2.24) is 14.8 Å². The van der Waals surface area contributed by atoms with E-state index in [0.717, 1.165) is 17.0 Å². The quantitative estimate of drug-likeness (QED) is 0.343. The fourth-order valence-corrected chi connectivity index (χ4v) is 4.15. The Kier molecular flexibility index (Phi) is 7.16. The highest BCUT2D eigenvalue weighted by Crippen LogP contribution is 2.33. The first-order valence-corrected chi connectivity index (χ1v) is 11.4. The van der Waals surface area contributed by atoms with Crippen LogP contribution in [0.3, 0.4) is 0 Å². The summed E-state index contributed by atoms with van der Waals surface area (Å²) in [5, 5.41) is 12.8. The number of rotatable bonds is 8. The minimum atomic E-state index is -0.162.